The van der Waals surface area contributed by atoms with Crippen LogP contribution in [0.1, 0.15) is 94.0 Å². The molecule has 1 saturated carbocycles. The Morgan fingerprint density at radius 2 is 1.46 bits per heavy atom. The number of carbonyl (C=O) groups excluding carboxylic acids is 1. The van der Waals surface area contributed by atoms with Gasteiger partial charge in [-0.1, -0.05) is 40.0 Å². The van der Waals surface area contributed by atoms with Gasteiger partial charge in [-0.2, -0.15) is 0 Å². The van der Waals surface area contributed by atoms with Crippen LogP contribution in [-0.4, -0.2) is 25.8 Å². The quantitative estimate of drug-likeness (QED) is 0.542. The maximum absolute atomic E-state index is 12.8. The van der Waals surface area contributed by atoms with Gasteiger partial charge >= 0.3 is 5.97 Å². The summed E-state index contributed by atoms with van der Waals surface area (Å²) in [6.45, 7) is 6.19. The van der Waals surface area contributed by atoms with Crippen LogP contribution in [0.4, 0.5) is 0 Å². The van der Waals surface area contributed by atoms with Crippen molar-refractivity contribution in [1.82, 2.24) is 0 Å². The van der Waals surface area contributed by atoms with E-state index in [-0.39, 0.29) is 5.97 Å². The van der Waals surface area contributed by atoms with Crippen molar-refractivity contribution in [1.29, 1.82) is 0 Å². The van der Waals surface area contributed by atoms with Gasteiger partial charge in [0, 0.05) is 5.56 Å². The van der Waals surface area contributed by atoms with Gasteiger partial charge in [-0.25, -0.2) is 4.79 Å². The lowest BCUT2D eigenvalue weighted by atomic mass is 9.83. The zero-order valence-electron chi connectivity index (χ0n) is 17.0. The van der Waals surface area contributed by atoms with E-state index in [4.69, 9.17) is 14.2 Å². The molecule has 0 aliphatic heterocycles. The second-order valence-corrected chi connectivity index (χ2v) is 7.26. The molecule has 1 aliphatic rings. The molecule has 0 aromatic heterocycles. The SMILES string of the molecule is CCC(CC)(CC)OC(=O)c1cc(OC)c(C2CCCCC2)c(OC)c1. The van der Waals surface area contributed by atoms with Crippen LogP contribution in [-0.2, 0) is 4.74 Å². The maximum Gasteiger partial charge on any atom is 0.338 e. The van der Waals surface area contributed by atoms with Crippen molar-refractivity contribution in [2.45, 2.75) is 83.7 Å². The average Bonchev–Trinajstić information content (AvgIpc) is 2.71. The van der Waals surface area contributed by atoms with Gasteiger partial charge in [-0.15, -0.1) is 0 Å². The number of methoxy groups -OCH3 is 2. The van der Waals surface area contributed by atoms with Crippen LogP contribution in [0.3, 0.4) is 0 Å². The average molecular weight is 363 g/mol. The highest BCUT2D eigenvalue weighted by atomic mass is 16.6. The first-order chi connectivity index (χ1) is 12.5. The summed E-state index contributed by atoms with van der Waals surface area (Å²) < 4.78 is 17.2. The zero-order chi connectivity index (χ0) is 19.2. The number of rotatable bonds is 8. The van der Waals surface area contributed by atoms with Crippen molar-refractivity contribution in [3.8, 4) is 11.5 Å². The fraction of sp³-hybridized carbons (Fsp3) is 0.682. The van der Waals surface area contributed by atoms with Crippen LogP contribution < -0.4 is 9.47 Å². The number of hydrogen-bond donors (Lipinski definition) is 0. The molecule has 1 fully saturated rings. The molecular formula is C22H34O4. The molecule has 1 aromatic carbocycles. The lowest BCUT2D eigenvalue weighted by Gasteiger charge is -2.31. The third kappa shape index (κ3) is 4.33. The molecule has 0 radical (unpaired) electrons. The smallest absolute Gasteiger partial charge is 0.338 e. The van der Waals surface area contributed by atoms with Crippen LogP contribution in [0.25, 0.3) is 0 Å². The first kappa shape index (κ1) is 20.6. The molecular weight excluding hydrogens is 328 g/mol. The molecule has 26 heavy (non-hydrogen) atoms. The third-order valence-electron chi connectivity index (χ3n) is 6.04. The standard InChI is InChI=1S/C22H34O4/c1-6-22(7-2,8-3)26-21(23)17-14-18(24-4)20(19(15-17)25-5)16-12-10-9-11-13-16/h14-16H,6-13H2,1-5H3. The van der Waals surface area contributed by atoms with E-state index in [0.29, 0.717) is 11.5 Å². The summed E-state index contributed by atoms with van der Waals surface area (Å²) in [6.07, 6.45) is 8.45. The molecule has 1 aliphatic carbocycles. The van der Waals surface area contributed by atoms with Gasteiger partial charge in [0.05, 0.1) is 19.8 Å². The second-order valence-electron chi connectivity index (χ2n) is 7.26. The van der Waals surface area contributed by atoms with E-state index in [2.05, 4.69) is 20.8 Å². The molecule has 1 aromatic rings. The fourth-order valence-corrected chi connectivity index (χ4v) is 4.07. The van der Waals surface area contributed by atoms with E-state index in [0.717, 1.165) is 49.2 Å². The van der Waals surface area contributed by atoms with E-state index in [1.54, 1.807) is 14.2 Å². The van der Waals surface area contributed by atoms with Crippen LogP contribution in [0.2, 0.25) is 0 Å². The molecule has 4 heteroatoms. The van der Waals surface area contributed by atoms with E-state index in [1.165, 1.54) is 19.3 Å². The molecule has 0 N–H and O–H groups in total. The molecule has 0 bridgehead atoms. The van der Waals surface area contributed by atoms with Gasteiger partial charge < -0.3 is 14.2 Å². The highest BCUT2D eigenvalue weighted by molar-refractivity contribution is 5.91. The number of hydrogen-bond acceptors (Lipinski definition) is 4. The monoisotopic (exact) mass is 362 g/mol. The van der Waals surface area contributed by atoms with Gasteiger partial charge in [0.1, 0.15) is 17.1 Å². The number of ether oxygens (including phenoxy) is 3. The van der Waals surface area contributed by atoms with Crippen molar-refractivity contribution in [3.63, 3.8) is 0 Å². The van der Waals surface area contributed by atoms with Crippen LogP contribution >= 0.6 is 0 Å². The normalized spacial score (nSPS) is 15.6. The summed E-state index contributed by atoms with van der Waals surface area (Å²) in [5.41, 5.74) is 1.19. The van der Waals surface area contributed by atoms with Crippen molar-refractivity contribution in [2.24, 2.45) is 0 Å². The first-order valence-corrected chi connectivity index (χ1v) is 10.0. The van der Waals surface area contributed by atoms with Crippen molar-refractivity contribution in [2.75, 3.05) is 14.2 Å². The Hall–Kier alpha value is -1.71. The summed E-state index contributed by atoms with van der Waals surface area (Å²) in [5, 5.41) is 0. The summed E-state index contributed by atoms with van der Waals surface area (Å²) in [4.78, 5) is 12.8. The summed E-state index contributed by atoms with van der Waals surface area (Å²) in [6, 6.07) is 3.64. The molecule has 0 unspecified atom stereocenters. The van der Waals surface area contributed by atoms with Gasteiger partial charge in [-0.3, -0.25) is 0 Å². The van der Waals surface area contributed by atoms with Gasteiger partial charge in [-0.05, 0) is 50.2 Å². The number of esters is 1. The van der Waals surface area contributed by atoms with Gasteiger partial charge in [0.25, 0.3) is 0 Å². The van der Waals surface area contributed by atoms with Crippen LogP contribution in [0.15, 0.2) is 12.1 Å². The molecule has 0 amide bonds. The molecule has 0 saturated heterocycles. The molecule has 2 rings (SSSR count). The minimum Gasteiger partial charge on any atom is -0.496 e. The zero-order valence-corrected chi connectivity index (χ0v) is 17.0. The van der Waals surface area contributed by atoms with E-state index in [9.17, 15) is 4.79 Å². The predicted octanol–water partition coefficient (Wildman–Crippen LogP) is 5.88. The van der Waals surface area contributed by atoms with E-state index in [1.807, 2.05) is 12.1 Å². The lowest BCUT2D eigenvalue weighted by molar-refractivity contribution is -0.0249. The Labute approximate surface area is 158 Å². The van der Waals surface area contributed by atoms with Gasteiger partial charge in [0.2, 0.25) is 0 Å². The topological polar surface area (TPSA) is 44.8 Å². The molecule has 0 atom stereocenters. The molecule has 146 valence electrons. The fourth-order valence-electron chi connectivity index (χ4n) is 4.07. The Balaban J connectivity index is 2.37. The molecule has 0 spiro atoms. The minimum atomic E-state index is -0.403. The number of benzene rings is 1. The Kier molecular flexibility index (Phi) is 7.36. The molecule has 0 heterocycles. The highest BCUT2D eigenvalue weighted by Crippen LogP contribution is 2.43. The summed E-state index contributed by atoms with van der Waals surface area (Å²) in [5.74, 6) is 1.60. The maximum atomic E-state index is 12.8. The third-order valence-corrected chi connectivity index (χ3v) is 6.04. The summed E-state index contributed by atoms with van der Waals surface area (Å²) >= 11 is 0. The minimum absolute atomic E-state index is 0.303. The summed E-state index contributed by atoms with van der Waals surface area (Å²) in [7, 11) is 3.31. The Morgan fingerprint density at radius 3 is 1.88 bits per heavy atom. The first-order valence-electron chi connectivity index (χ1n) is 10.0. The van der Waals surface area contributed by atoms with Gasteiger partial charge in [0.15, 0.2) is 0 Å². The largest absolute Gasteiger partial charge is 0.496 e. The highest BCUT2D eigenvalue weighted by Gasteiger charge is 2.31. The molecule has 4 nitrogen and oxygen atoms in total. The lowest BCUT2D eigenvalue weighted by Crippen LogP contribution is -2.33. The van der Waals surface area contributed by atoms with Crippen molar-refractivity contribution in [3.05, 3.63) is 23.3 Å². The predicted molar refractivity (Wildman–Crippen MR) is 104 cm³/mol. The van der Waals surface area contributed by atoms with Crippen molar-refractivity contribution >= 4 is 5.97 Å². The Morgan fingerprint density at radius 1 is 0.962 bits per heavy atom. The van der Waals surface area contributed by atoms with Crippen LogP contribution in [0, 0.1) is 0 Å². The Bertz CT molecular complexity index is 565. The van der Waals surface area contributed by atoms with E-state index >= 15 is 0 Å². The van der Waals surface area contributed by atoms with E-state index < -0.39 is 5.60 Å². The van der Waals surface area contributed by atoms with Crippen molar-refractivity contribution < 1.29 is 19.0 Å². The van der Waals surface area contributed by atoms with Crippen LogP contribution in [0.5, 0.6) is 11.5 Å². The second kappa shape index (κ2) is 9.29. The number of carbonyl (C=O) groups is 1.